The molecule has 0 saturated carbocycles. The fourth-order valence-corrected chi connectivity index (χ4v) is 0.764. The van der Waals surface area contributed by atoms with Gasteiger partial charge < -0.3 is 5.73 Å². The minimum atomic E-state index is -1.84. The second-order valence-electron chi connectivity index (χ2n) is 2.94. The smallest absolute Gasteiger partial charge is 0.228 e. The summed E-state index contributed by atoms with van der Waals surface area (Å²) in [6.07, 6.45) is -0.428. The van der Waals surface area contributed by atoms with E-state index in [4.69, 9.17) is 32.0 Å². The lowest BCUT2D eigenvalue weighted by Gasteiger charge is -2.14. The molecule has 72 valence electrons. The summed E-state index contributed by atoms with van der Waals surface area (Å²) in [4.78, 5) is 0. The van der Waals surface area contributed by atoms with E-state index >= 15 is 0 Å². The van der Waals surface area contributed by atoms with Crippen LogP contribution in [-0.2, 0) is 0 Å². The molecule has 0 aromatic rings. The van der Waals surface area contributed by atoms with Gasteiger partial charge in [-0.3, -0.25) is 0 Å². The van der Waals surface area contributed by atoms with E-state index in [9.17, 15) is 0 Å². The summed E-state index contributed by atoms with van der Waals surface area (Å²) in [5.74, 6) is 0. The Kier molecular flexibility index (Phi) is 3.80. The summed E-state index contributed by atoms with van der Waals surface area (Å²) < 4.78 is 0. The Bertz CT molecular complexity index is 393. The average Bonchev–Trinajstić information content (AvgIpc) is 2.31. The molecule has 0 radical (unpaired) electrons. The number of nitrogens with zero attached hydrogens (tertiary/aromatic N) is 5. The van der Waals surface area contributed by atoms with Gasteiger partial charge in [0.1, 0.15) is 30.3 Å². The molecule has 0 aliphatic heterocycles. The van der Waals surface area contributed by atoms with Crippen LogP contribution in [0.1, 0.15) is 12.8 Å². The number of nitrogens with two attached hydrogens (primary N) is 1. The molecule has 0 amide bonds. The van der Waals surface area contributed by atoms with Crippen molar-refractivity contribution in [1.82, 2.24) is 0 Å². The fraction of sp³-hybridized carbons (Fsp3) is 0.444. The van der Waals surface area contributed by atoms with Crippen molar-refractivity contribution < 1.29 is 0 Å². The molecule has 15 heavy (non-hydrogen) atoms. The molecule has 0 rings (SSSR count). The molecule has 0 fully saturated rings. The van der Waals surface area contributed by atoms with Crippen molar-refractivity contribution in [3.05, 3.63) is 0 Å². The van der Waals surface area contributed by atoms with Crippen LogP contribution in [0.2, 0.25) is 0 Å². The molecule has 0 saturated heterocycles. The van der Waals surface area contributed by atoms with Crippen LogP contribution in [0, 0.1) is 62.1 Å². The van der Waals surface area contributed by atoms with E-state index in [0.29, 0.717) is 0 Å². The van der Waals surface area contributed by atoms with Gasteiger partial charge in [-0.15, -0.1) is 0 Å². The van der Waals surface area contributed by atoms with Gasteiger partial charge in [-0.05, 0) is 12.8 Å². The second-order valence-corrected chi connectivity index (χ2v) is 2.94. The standard InChI is InChI=1S/C9H6N6/c10-3-8(4-11,5-12)1-2-9(15,6-13)7-14/h1-2,15H2. The Hall–Kier alpha value is -2.59. The van der Waals surface area contributed by atoms with Gasteiger partial charge in [0, 0.05) is 0 Å². The predicted octanol–water partition coefficient (Wildman–Crippen LogP) is 0.0684. The third-order valence-electron chi connectivity index (χ3n) is 1.87. The summed E-state index contributed by atoms with van der Waals surface area (Å²) in [5.41, 5.74) is 1.73. The molecule has 0 spiro atoms. The molecule has 2 N–H and O–H groups in total. The van der Waals surface area contributed by atoms with Gasteiger partial charge in [-0.25, -0.2) is 0 Å². The minimum absolute atomic E-state index is 0.200. The van der Waals surface area contributed by atoms with Gasteiger partial charge in [0.25, 0.3) is 0 Å². The Labute approximate surface area is 87.0 Å². The van der Waals surface area contributed by atoms with Gasteiger partial charge in [0.2, 0.25) is 5.41 Å². The van der Waals surface area contributed by atoms with Gasteiger partial charge in [0.05, 0.1) is 0 Å². The molecule has 0 aromatic heterocycles. The maximum atomic E-state index is 8.62. The van der Waals surface area contributed by atoms with Gasteiger partial charge in [-0.2, -0.15) is 26.3 Å². The molecule has 0 aromatic carbocycles. The van der Waals surface area contributed by atoms with E-state index in [2.05, 4.69) is 0 Å². The molecule has 0 unspecified atom stereocenters. The first-order valence-electron chi connectivity index (χ1n) is 3.86. The third kappa shape index (κ3) is 2.68. The zero-order valence-electron chi connectivity index (χ0n) is 7.73. The molecule has 0 aliphatic rings. The van der Waals surface area contributed by atoms with E-state index < -0.39 is 11.0 Å². The molecular formula is C9H6N6. The third-order valence-corrected chi connectivity index (χ3v) is 1.87. The molecule has 0 aliphatic carbocycles. The number of rotatable bonds is 3. The fourth-order valence-electron chi connectivity index (χ4n) is 0.764. The molecule has 0 heterocycles. The molecule has 0 bridgehead atoms. The first kappa shape index (κ1) is 12.4. The van der Waals surface area contributed by atoms with Crippen LogP contribution >= 0.6 is 0 Å². The number of hydrogen-bond donors (Lipinski definition) is 1. The lowest BCUT2D eigenvalue weighted by atomic mass is 9.83. The van der Waals surface area contributed by atoms with Gasteiger partial charge in [0.15, 0.2) is 5.54 Å². The highest BCUT2D eigenvalue weighted by molar-refractivity contribution is 5.28. The van der Waals surface area contributed by atoms with Crippen molar-refractivity contribution in [2.75, 3.05) is 0 Å². The molecule has 6 nitrogen and oxygen atoms in total. The predicted molar refractivity (Wildman–Crippen MR) is 46.7 cm³/mol. The summed E-state index contributed by atoms with van der Waals surface area (Å²) in [6, 6.07) is 7.74. The first-order valence-corrected chi connectivity index (χ1v) is 3.86. The van der Waals surface area contributed by atoms with Crippen LogP contribution in [-0.4, -0.2) is 5.54 Å². The SMILES string of the molecule is N#CC(N)(C#N)CCC(C#N)(C#N)C#N. The molecule has 6 heteroatoms. The molecule has 0 atom stereocenters. The van der Waals surface area contributed by atoms with E-state index in [-0.39, 0.29) is 12.8 Å². The van der Waals surface area contributed by atoms with Crippen LogP contribution in [0.15, 0.2) is 0 Å². The van der Waals surface area contributed by atoms with E-state index in [0.717, 1.165) is 0 Å². The summed E-state index contributed by atoms with van der Waals surface area (Å²) in [7, 11) is 0. The Morgan fingerprint density at radius 1 is 0.733 bits per heavy atom. The van der Waals surface area contributed by atoms with Crippen molar-refractivity contribution in [2.24, 2.45) is 11.1 Å². The van der Waals surface area contributed by atoms with Gasteiger partial charge >= 0.3 is 0 Å². The highest BCUT2D eigenvalue weighted by atomic mass is 14.7. The highest BCUT2D eigenvalue weighted by Crippen LogP contribution is 2.24. The van der Waals surface area contributed by atoms with E-state index in [1.54, 1.807) is 12.1 Å². The van der Waals surface area contributed by atoms with Crippen molar-refractivity contribution in [2.45, 2.75) is 18.4 Å². The van der Waals surface area contributed by atoms with E-state index in [1.165, 1.54) is 18.2 Å². The number of hydrogen-bond acceptors (Lipinski definition) is 6. The average molecular weight is 198 g/mol. The number of nitriles is 5. The first-order chi connectivity index (χ1) is 7.01. The van der Waals surface area contributed by atoms with E-state index in [1.807, 2.05) is 0 Å². The van der Waals surface area contributed by atoms with Crippen LogP contribution < -0.4 is 5.73 Å². The minimum Gasteiger partial charge on any atom is -0.301 e. The monoisotopic (exact) mass is 198 g/mol. The summed E-state index contributed by atoms with van der Waals surface area (Å²) >= 11 is 0. The summed E-state index contributed by atoms with van der Waals surface area (Å²) in [6.45, 7) is 0. The van der Waals surface area contributed by atoms with Crippen molar-refractivity contribution in [3.63, 3.8) is 0 Å². The lowest BCUT2D eigenvalue weighted by molar-refractivity contribution is 0.500. The van der Waals surface area contributed by atoms with Crippen molar-refractivity contribution in [3.8, 4) is 30.3 Å². The Balaban J connectivity index is 4.78. The largest absolute Gasteiger partial charge is 0.301 e. The Morgan fingerprint density at radius 2 is 1.13 bits per heavy atom. The van der Waals surface area contributed by atoms with Crippen molar-refractivity contribution >= 4 is 0 Å². The topological polar surface area (TPSA) is 145 Å². The normalized spacial score (nSPS) is 9.87. The lowest BCUT2D eigenvalue weighted by Crippen LogP contribution is -2.37. The quantitative estimate of drug-likeness (QED) is 0.678. The van der Waals surface area contributed by atoms with Crippen LogP contribution in [0.25, 0.3) is 0 Å². The Morgan fingerprint density at radius 3 is 1.40 bits per heavy atom. The highest BCUT2D eigenvalue weighted by Gasteiger charge is 2.35. The zero-order chi connectivity index (χ0) is 11.9. The second kappa shape index (κ2) is 4.59. The maximum absolute atomic E-state index is 8.62. The zero-order valence-corrected chi connectivity index (χ0v) is 7.73. The van der Waals surface area contributed by atoms with Crippen LogP contribution in [0.4, 0.5) is 0 Å². The van der Waals surface area contributed by atoms with Gasteiger partial charge in [-0.1, -0.05) is 0 Å². The maximum Gasteiger partial charge on any atom is 0.228 e. The van der Waals surface area contributed by atoms with Crippen molar-refractivity contribution in [1.29, 1.82) is 26.3 Å². The molecular weight excluding hydrogens is 192 g/mol. The van der Waals surface area contributed by atoms with Crippen LogP contribution in [0.5, 0.6) is 0 Å². The summed E-state index contributed by atoms with van der Waals surface area (Å²) in [5, 5.41) is 43.0. The van der Waals surface area contributed by atoms with Crippen LogP contribution in [0.3, 0.4) is 0 Å².